The number of thiophene rings is 1. The molecule has 6 heteroatoms. The molecule has 0 fully saturated rings. The molecule has 0 spiro atoms. The maximum atomic E-state index is 10.6. The number of hydrogen-bond acceptors (Lipinski definition) is 5. The van der Waals surface area contributed by atoms with Crippen LogP contribution in [0.4, 0.5) is 0 Å². The number of thiazole rings is 1. The zero-order valence-electron chi connectivity index (χ0n) is 8.25. The summed E-state index contributed by atoms with van der Waals surface area (Å²) in [7, 11) is 0. The van der Waals surface area contributed by atoms with Crippen LogP contribution in [0.5, 0.6) is 0 Å². The maximum absolute atomic E-state index is 10.6. The van der Waals surface area contributed by atoms with Crippen LogP contribution in [0.2, 0.25) is 0 Å². The summed E-state index contributed by atoms with van der Waals surface area (Å²) in [6.45, 7) is 0.888. The molecule has 0 radical (unpaired) electrons. The normalized spacial score (nSPS) is 10.5. The zero-order chi connectivity index (χ0) is 11.4. The van der Waals surface area contributed by atoms with E-state index in [1.807, 2.05) is 17.5 Å². The number of ether oxygens (including phenoxy) is 1. The lowest BCUT2D eigenvalue weighted by Gasteiger charge is -1.98. The molecule has 0 bridgehead atoms. The Morgan fingerprint density at radius 3 is 2.94 bits per heavy atom. The van der Waals surface area contributed by atoms with Gasteiger partial charge in [0.05, 0.1) is 18.9 Å². The molecule has 0 aliphatic carbocycles. The zero-order valence-corrected chi connectivity index (χ0v) is 9.88. The minimum Gasteiger partial charge on any atom is -0.476 e. The highest BCUT2D eigenvalue weighted by atomic mass is 32.1. The third-order valence-electron chi connectivity index (χ3n) is 1.81. The van der Waals surface area contributed by atoms with Crippen molar-refractivity contribution in [2.75, 3.05) is 0 Å². The fourth-order valence-corrected chi connectivity index (χ4v) is 2.40. The van der Waals surface area contributed by atoms with Crippen LogP contribution in [-0.4, -0.2) is 16.1 Å². The highest BCUT2D eigenvalue weighted by Gasteiger charge is 2.08. The van der Waals surface area contributed by atoms with E-state index in [9.17, 15) is 4.79 Å². The molecule has 0 saturated carbocycles. The Kier molecular flexibility index (Phi) is 3.66. The molecule has 16 heavy (non-hydrogen) atoms. The lowest BCUT2D eigenvalue weighted by Crippen LogP contribution is -1.97. The Hall–Kier alpha value is -1.24. The maximum Gasteiger partial charge on any atom is 0.365 e. The van der Waals surface area contributed by atoms with Crippen molar-refractivity contribution in [1.82, 2.24) is 4.98 Å². The number of carbonyl (C=O) groups is 1. The first-order valence-electron chi connectivity index (χ1n) is 4.53. The number of aromatic nitrogens is 1. The fraction of sp³-hybridized carbons (Fsp3) is 0.200. The highest BCUT2D eigenvalue weighted by molar-refractivity contribution is 7.11. The first-order chi connectivity index (χ1) is 7.75. The quantitative estimate of drug-likeness (QED) is 0.892. The summed E-state index contributed by atoms with van der Waals surface area (Å²) in [4.78, 5) is 15.7. The molecule has 0 unspecified atom stereocenters. The largest absolute Gasteiger partial charge is 0.476 e. The standard InChI is InChI=1S/C10H9NO3S2/c12-10(13)9-11-7(6-16-9)4-14-5-8-2-1-3-15-8/h1-3,6H,4-5H2,(H,12,13). The van der Waals surface area contributed by atoms with Gasteiger partial charge in [0.1, 0.15) is 0 Å². The Morgan fingerprint density at radius 2 is 2.31 bits per heavy atom. The molecule has 0 amide bonds. The van der Waals surface area contributed by atoms with Crippen LogP contribution in [0.3, 0.4) is 0 Å². The summed E-state index contributed by atoms with van der Waals surface area (Å²) >= 11 is 2.75. The van der Waals surface area contributed by atoms with Crippen LogP contribution >= 0.6 is 22.7 Å². The number of carboxylic acids is 1. The molecule has 0 aliphatic rings. The van der Waals surface area contributed by atoms with Crippen molar-refractivity contribution in [2.24, 2.45) is 0 Å². The van der Waals surface area contributed by atoms with Crippen molar-refractivity contribution in [3.05, 3.63) is 38.5 Å². The topological polar surface area (TPSA) is 59.4 Å². The van der Waals surface area contributed by atoms with E-state index >= 15 is 0 Å². The van der Waals surface area contributed by atoms with Gasteiger partial charge in [-0.3, -0.25) is 0 Å². The monoisotopic (exact) mass is 255 g/mol. The highest BCUT2D eigenvalue weighted by Crippen LogP contribution is 2.13. The molecule has 2 aromatic rings. The third-order valence-corrected chi connectivity index (χ3v) is 3.54. The predicted octanol–water partition coefficient (Wildman–Crippen LogP) is 2.62. The van der Waals surface area contributed by atoms with Crippen LogP contribution in [0.1, 0.15) is 20.4 Å². The SMILES string of the molecule is O=C(O)c1nc(COCc2cccs2)cs1. The van der Waals surface area contributed by atoms with Crippen molar-refractivity contribution in [3.63, 3.8) is 0 Å². The molecule has 0 atom stereocenters. The molecule has 0 saturated heterocycles. The summed E-state index contributed by atoms with van der Waals surface area (Å²) in [5.74, 6) is -0.991. The van der Waals surface area contributed by atoms with Crippen LogP contribution in [0.15, 0.2) is 22.9 Å². The molecular weight excluding hydrogens is 246 g/mol. The molecule has 0 aliphatic heterocycles. The Bertz CT molecular complexity index is 464. The van der Waals surface area contributed by atoms with E-state index in [2.05, 4.69) is 4.98 Å². The summed E-state index contributed by atoms with van der Waals surface area (Å²) < 4.78 is 5.42. The average Bonchev–Trinajstić information content (AvgIpc) is 2.87. The number of nitrogens with zero attached hydrogens (tertiary/aromatic N) is 1. The van der Waals surface area contributed by atoms with E-state index in [-0.39, 0.29) is 5.01 Å². The van der Waals surface area contributed by atoms with Crippen LogP contribution in [0.25, 0.3) is 0 Å². The number of aromatic carboxylic acids is 1. The van der Waals surface area contributed by atoms with Crippen molar-refractivity contribution in [3.8, 4) is 0 Å². The second kappa shape index (κ2) is 5.20. The van der Waals surface area contributed by atoms with Gasteiger partial charge in [-0.15, -0.1) is 22.7 Å². The van der Waals surface area contributed by atoms with Gasteiger partial charge in [0.2, 0.25) is 5.01 Å². The summed E-state index contributed by atoms with van der Waals surface area (Å²) in [5.41, 5.74) is 0.666. The Balaban J connectivity index is 1.83. The Morgan fingerprint density at radius 1 is 1.44 bits per heavy atom. The minimum absolute atomic E-state index is 0.106. The van der Waals surface area contributed by atoms with Crippen molar-refractivity contribution < 1.29 is 14.6 Å². The van der Waals surface area contributed by atoms with Crippen molar-refractivity contribution in [2.45, 2.75) is 13.2 Å². The lowest BCUT2D eigenvalue weighted by atomic mass is 10.5. The van der Waals surface area contributed by atoms with Crippen LogP contribution in [0, 0.1) is 0 Å². The van der Waals surface area contributed by atoms with Crippen molar-refractivity contribution in [1.29, 1.82) is 0 Å². The van der Waals surface area contributed by atoms with Crippen molar-refractivity contribution >= 4 is 28.6 Å². The number of hydrogen-bond donors (Lipinski definition) is 1. The van der Waals surface area contributed by atoms with E-state index in [4.69, 9.17) is 9.84 Å². The second-order valence-corrected chi connectivity index (χ2v) is 4.91. The second-order valence-electron chi connectivity index (χ2n) is 3.02. The van der Waals surface area contributed by atoms with Gasteiger partial charge in [0, 0.05) is 10.3 Å². The van der Waals surface area contributed by atoms with Crippen LogP contribution < -0.4 is 0 Å². The summed E-state index contributed by atoms with van der Waals surface area (Å²) in [6, 6.07) is 3.96. The van der Waals surface area contributed by atoms with E-state index < -0.39 is 5.97 Å². The molecule has 0 aromatic carbocycles. The molecule has 2 heterocycles. The molecule has 1 N–H and O–H groups in total. The van der Waals surface area contributed by atoms with Gasteiger partial charge in [-0.25, -0.2) is 9.78 Å². The summed E-state index contributed by atoms with van der Waals surface area (Å²) in [6.07, 6.45) is 0. The van der Waals surface area contributed by atoms with Gasteiger partial charge in [0.25, 0.3) is 0 Å². The van der Waals surface area contributed by atoms with Crippen LogP contribution in [-0.2, 0) is 18.0 Å². The summed E-state index contributed by atoms with van der Waals surface area (Å²) in [5, 5.41) is 12.5. The van der Waals surface area contributed by atoms with Gasteiger partial charge in [-0.2, -0.15) is 0 Å². The molecule has 2 rings (SSSR count). The first kappa shape index (κ1) is 11.3. The first-order valence-corrected chi connectivity index (χ1v) is 6.29. The van der Waals surface area contributed by atoms with E-state index in [0.717, 1.165) is 16.2 Å². The molecular formula is C10H9NO3S2. The molecule has 84 valence electrons. The fourth-order valence-electron chi connectivity index (χ4n) is 1.12. The molecule has 2 aromatic heterocycles. The van der Waals surface area contributed by atoms with Gasteiger partial charge in [-0.05, 0) is 11.4 Å². The number of rotatable bonds is 5. The smallest absolute Gasteiger partial charge is 0.365 e. The Labute approximate surface area is 100 Å². The van der Waals surface area contributed by atoms with Gasteiger partial charge in [0.15, 0.2) is 0 Å². The average molecular weight is 255 g/mol. The molecule has 4 nitrogen and oxygen atoms in total. The lowest BCUT2D eigenvalue weighted by molar-refractivity contribution is 0.0694. The predicted molar refractivity (Wildman–Crippen MR) is 61.9 cm³/mol. The minimum atomic E-state index is -0.991. The van der Waals surface area contributed by atoms with E-state index in [0.29, 0.717) is 18.9 Å². The van der Waals surface area contributed by atoms with E-state index in [1.54, 1.807) is 16.7 Å². The third kappa shape index (κ3) is 2.88. The van der Waals surface area contributed by atoms with Gasteiger partial charge in [-0.1, -0.05) is 6.07 Å². The number of carboxylic acid groups (broad SMARTS) is 1. The van der Waals surface area contributed by atoms with Gasteiger partial charge < -0.3 is 9.84 Å². The van der Waals surface area contributed by atoms with Gasteiger partial charge >= 0.3 is 5.97 Å². The van der Waals surface area contributed by atoms with E-state index in [1.165, 1.54) is 0 Å².